The van der Waals surface area contributed by atoms with E-state index in [4.69, 9.17) is 10.9 Å². The molecular weight excluding hydrogens is 344 g/mol. The van der Waals surface area contributed by atoms with Gasteiger partial charge in [-0.15, -0.1) is 0 Å². The molecule has 1 aromatic heterocycles. The van der Waals surface area contributed by atoms with Crippen LogP contribution in [0, 0.1) is 0 Å². The summed E-state index contributed by atoms with van der Waals surface area (Å²) in [5.41, 5.74) is 7.11. The molecule has 9 heteroatoms. The molecule has 134 valence electrons. The molecule has 2 amide bonds. The second kappa shape index (κ2) is 7.49. The van der Waals surface area contributed by atoms with E-state index >= 15 is 0 Å². The van der Waals surface area contributed by atoms with E-state index in [2.05, 4.69) is 4.18 Å². The lowest BCUT2D eigenvalue weighted by atomic mass is 10.1. The van der Waals surface area contributed by atoms with Crippen LogP contribution in [0.5, 0.6) is 5.75 Å². The van der Waals surface area contributed by atoms with Crippen LogP contribution >= 0.6 is 0 Å². The lowest BCUT2D eigenvalue weighted by molar-refractivity contribution is -0.671. The number of amides is 2. The summed E-state index contributed by atoms with van der Waals surface area (Å²) >= 11 is 0. The van der Waals surface area contributed by atoms with E-state index in [0.717, 1.165) is 5.56 Å². The molecule has 8 nitrogen and oxygen atoms in total. The first-order valence-electron chi connectivity index (χ1n) is 7.51. The molecule has 4 N–H and O–H groups in total. The third-order valence-corrected chi connectivity index (χ3v) is 4.01. The number of hydrogen-bond acceptors (Lipinski definition) is 4. The number of benzene rings is 1. The lowest BCUT2D eigenvalue weighted by Gasteiger charge is -2.27. The number of aryl methyl sites for hydroxylation is 1. The Morgan fingerprint density at radius 1 is 1.20 bits per heavy atom. The van der Waals surface area contributed by atoms with Crippen molar-refractivity contribution in [2.24, 2.45) is 17.9 Å². The quantitative estimate of drug-likeness (QED) is 0.729. The topological polar surface area (TPSA) is 120 Å². The van der Waals surface area contributed by atoms with Gasteiger partial charge in [-0.3, -0.25) is 4.90 Å². The van der Waals surface area contributed by atoms with Gasteiger partial charge in [-0.2, -0.15) is 13.6 Å². The van der Waals surface area contributed by atoms with Crippen molar-refractivity contribution in [3.63, 3.8) is 0 Å². The minimum absolute atomic E-state index is 0.0545. The maximum atomic E-state index is 11.9. The fourth-order valence-corrected chi connectivity index (χ4v) is 2.88. The summed E-state index contributed by atoms with van der Waals surface area (Å²) in [4.78, 5) is 13.3. The Bertz CT molecular complexity index is 835. The second-order valence-electron chi connectivity index (χ2n) is 5.70. The first kappa shape index (κ1) is 18.7. The van der Waals surface area contributed by atoms with Crippen molar-refractivity contribution in [2.45, 2.75) is 19.4 Å². The van der Waals surface area contributed by atoms with E-state index in [0.29, 0.717) is 12.1 Å². The predicted octanol–water partition coefficient (Wildman–Crippen LogP) is 0.610. The van der Waals surface area contributed by atoms with Crippen LogP contribution < -0.4 is 24.5 Å². The number of carbonyl (C=O) groups excluding carboxylic acids is 1. The summed E-state index contributed by atoms with van der Waals surface area (Å²) in [5.74, 6) is 0.0545. The summed E-state index contributed by atoms with van der Waals surface area (Å²) in [6.07, 6.45) is 4.46. The second-order valence-corrected chi connectivity index (χ2v) is 6.86. The lowest BCUT2D eigenvalue weighted by Crippen LogP contribution is -2.43. The Morgan fingerprint density at radius 2 is 1.76 bits per heavy atom. The van der Waals surface area contributed by atoms with Crippen molar-refractivity contribution in [3.05, 3.63) is 54.4 Å². The van der Waals surface area contributed by atoms with E-state index < -0.39 is 16.3 Å². The molecule has 1 atom stereocenters. The molecular formula is C16H21N4O4S+. The van der Waals surface area contributed by atoms with Crippen molar-refractivity contribution in [1.82, 2.24) is 0 Å². The Kier molecular flexibility index (Phi) is 5.60. The van der Waals surface area contributed by atoms with Gasteiger partial charge in [0.15, 0.2) is 12.4 Å². The molecule has 0 aliphatic rings. The first-order valence-corrected chi connectivity index (χ1v) is 8.98. The number of hydrogen-bond donors (Lipinski definition) is 2. The minimum Gasteiger partial charge on any atom is -0.371 e. The standard InChI is InChI=1S/C16H20N4O4S/c1-12(11-13-7-9-19(2)10-8-13)20(16(17)21)14-3-5-15(6-4-14)24-25(18,22)23/h3-10,12H,11H2,1-2H3,(H3-,17,18,21,22,23)/p+1. The largest absolute Gasteiger partial charge is 0.380 e. The molecule has 25 heavy (non-hydrogen) atoms. The smallest absolute Gasteiger partial charge is 0.371 e. The highest BCUT2D eigenvalue weighted by Gasteiger charge is 2.20. The molecule has 0 bridgehead atoms. The number of urea groups is 1. The Morgan fingerprint density at radius 3 is 2.24 bits per heavy atom. The fraction of sp³-hybridized carbons (Fsp3) is 0.250. The van der Waals surface area contributed by atoms with E-state index in [1.54, 1.807) is 12.1 Å². The molecule has 0 aliphatic heterocycles. The Labute approximate surface area is 146 Å². The van der Waals surface area contributed by atoms with Crippen molar-refractivity contribution in [1.29, 1.82) is 0 Å². The van der Waals surface area contributed by atoms with Crippen molar-refractivity contribution in [2.75, 3.05) is 4.90 Å². The molecule has 0 spiro atoms. The van der Waals surface area contributed by atoms with Crippen LogP contribution in [0.15, 0.2) is 48.8 Å². The first-order chi connectivity index (χ1) is 11.7. The molecule has 1 aromatic carbocycles. The fourth-order valence-electron chi connectivity index (χ4n) is 2.50. The van der Waals surface area contributed by atoms with Gasteiger partial charge >= 0.3 is 16.3 Å². The number of pyridine rings is 1. The van der Waals surface area contributed by atoms with Crippen molar-refractivity contribution >= 4 is 22.0 Å². The van der Waals surface area contributed by atoms with Crippen LogP contribution in [-0.4, -0.2) is 20.5 Å². The van der Waals surface area contributed by atoms with Crippen LogP contribution in [0.25, 0.3) is 0 Å². The minimum atomic E-state index is -4.09. The molecule has 0 radical (unpaired) electrons. The predicted molar refractivity (Wildman–Crippen MR) is 93.0 cm³/mol. The summed E-state index contributed by atoms with van der Waals surface area (Å²) < 4.78 is 28.4. The van der Waals surface area contributed by atoms with Crippen LogP contribution in [-0.2, 0) is 23.8 Å². The Hall–Kier alpha value is -2.65. The van der Waals surface area contributed by atoms with Crippen LogP contribution in [0.3, 0.4) is 0 Å². The van der Waals surface area contributed by atoms with Crippen LogP contribution in [0.2, 0.25) is 0 Å². The molecule has 1 unspecified atom stereocenters. The van der Waals surface area contributed by atoms with Gasteiger partial charge in [0.1, 0.15) is 12.8 Å². The zero-order valence-electron chi connectivity index (χ0n) is 14.0. The molecule has 1 heterocycles. The number of primary amides is 1. The summed E-state index contributed by atoms with van der Waals surface area (Å²) in [5, 5.41) is 4.82. The van der Waals surface area contributed by atoms with E-state index in [9.17, 15) is 13.2 Å². The average molecular weight is 365 g/mol. The number of nitrogens with two attached hydrogens (primary N) is 2. The van der Waals surface area contributed by atoms with Gasteiger partial charge in [0.05, 0.1) is 0 Å². The molecule has 2 aromatic rings. The normalized spacial score (nSPS) is 12.4. The summed E-state index contributed by atoms with van der Waals surface area (Å²) in [7, 11) is -2.17. The van der Waals surface area contributed by atoms with E-state index in [1.807, 2.05) is 43.1 Å². The van der Waals surface area contributed by atoms with Gasteiger partial charge in [-0.1, -0.05) is 0 Å². The zero-order chi connectivity index (χ0) is 18.6. The van der Waals surface area contributed by atoms with Gasteiger partial charge in [0.2, 0.25) is 0 Å². The maximum Gasteiger partial charge on any atom is 0.380 e. The maximum absolute atomic E-state index is 11.9. The molecule has 0 saturated carbocycles. The highest BCUT2D eigenvalue weighted by atomic mass is 32.2. The van der Waals surface area contributed by atoms with Crippen molar-refractivity contribution in [3.8, 4) is 5.75 Å². The highest BCUT2D eigenvalue weighted by Crippen LogP contribution is 2.23. The van der Waals surface area contributed by atoms with Crippen LogP contribution in [0.1, 0.15) is 12.5 Å². The molecule has 0 saturated heterocycles. The van der Waals surface area contributed by atoms with Gasteiger partial charge in [-0.25, -0.2) is 9.36 Å². The number of carbonyl (C=O) groups is 1. The van der Waals surface area contributed by atoms with E-state index in [-0.39, 0.29) is 11.8 Å². The number of rotatable bonds is 6. The van der Waals surface area contributed by atoms with Crippen LogP contribution in [0.4, 0.5) is 10.5 Å². The van der Waals surface area contributed by atoms with Gasteiger partial charge in [0.25, 0.3) is 0 Å². The van der Waals surface area contributed by atoms with E-state index in [1.165, 1.54) is 17.0 Å². The average Bonchev–Trinajstić information content (AvgIpc) is 2.50. The third-order valence-electron chi connectivity index (χ3n) is 3.58. The van der Waals surface area contributed by atoms with Crippen molar-refractivity contribution < 1.29 is 22.0 Å². The van der Waals surface area contributed by atoms with Gasteiger partial charge in [0, 0.05) is 23.9 Å². The highest BCUT2D eigenvalue weighted by molar-refractivity contribution is 7.84. The summed E-state index contributed by atoms with van der Waals surface area (Å²) in [6, 6.07) is 9.05. The third kappa shape index (κ3) is 5.44. The molecule has 0 aliphatic carbocycles. The van der Waals surface area contributed by atoms with Gasteiger partial charge < -0.3 is 9.92 Å². The SMILES string of the molecule is CC(Cc1cc[n+](C)cc1)N(C(N)=O)c1ccc(OS(N)(=O)=O)cc1. The Balaban J connectivity index is 2.19. The number of anilines is 1. The number of nitrogens with zero attached hydrogens (tertiary/aromatic N) is 2. The summed E-state index contributed by atoms with van der Waals surface area (Å²) in [6.45, 7) is 1.88. The van der Waals surface area contributed by atoms with Gasteiger partial charge in [-0.05, 0) is 43.2 Å². The molecule has 0 fully saturated rings. The number of aromatic nitrogens is 1. The monoisotopic (exact) mass is 365 g/mol. The zero-order valence-corrected chi connectivity index (χ0v) is 14.8. The molecule has 2 rings (SSSR count).